The Morgan fingerprint density at radius 3 is 2.00 bits per heavy atom. The zero-order chi connectivity index (χ0) is 9.72. The highest BCUT2D eigenvalue weighted by molar-refractivity contribution is 5.85. The van der Waals surface area contributed by atoms with Crippen LogP contribution in [-0.4, -0.2) is 17.9 Å². The summed E-state index contributed by atoms with van der Waals surface area (Å²) in [4.78, 5) is 11.5. The predicted octanol–water partition coefficient (Wildman–Crippen LogP) is 1.99. The van der Waals surface area contributed by atoms with E-state index in [2.05, 4.69) is 19.2 Å². The summed E-state index contributed by atoms with van der Waals surface area (Å²) in [5, 5.41) is 3.26. The maximum Gasteiger partial charge on any atom is 0.152 e. The van der Waals surface area contributed by atoms with Crippen molar-refractivity contribution in [1.82, 2.24) is 5.32 Å². The number of Topliss-reactive ketones (excluding diaryl/α,β-unsaturated/α-hetero) is 1. The third-order valence-corrected chi connectivity index (χ3v) is 1.86. The van der Waals surface area contributed by atoms with Gasteiger partial charge in [-0.1, -0.05) is 34.6 Å². The Labute approximate surface area is 75.7 Å². The van der Waals surface area contributed by atoms with E-state index in [1.165, 1.54) is 0 Å². The maximum absolute atomic E-state index is 11.5. The van der Waals surface area contributed by atoms with Crippen LogP contribution in [0.1, 0.15) is 41.0 Å². The summed E-state index contributed by atoms with van der Waals surface area (Å²) in [5.41, 5.74) is 0. The van der Waals surface area contributed by atoms with Crippen molar-refractivity contribution in [2.24, 2.45) is 5.92 Å². The minimum absolute atomic E-state index is 0.0463. The fourth-order valence-electron chi connectivity index (χ4n) is 1.21. The smallest absolute Gasteiger partial charge is 0.152 e. The maximum atomic E-state index is 11.5. The lowest BCUT2D eigenvalue weighted by atomic mass is 9.99. The van der Waals surface area contributed by atoms with Gasteiger partial charge in [-0.3, -0.25) is 4.79 Å². The van der Waals surface area contributed by atoms with E-state index in [1.807, 2.05) is 20.8 Å². The molecule has 0 rings (SSSR count). The van der Waals surface area contributed by atoms with Gasteiger partial charge in [0.1, 0.15) is 0 Å². The van der Waals surface area contributed by atoms with Crippen LogP contribution in [0.2, 0.25) is 0 Å². The molecule has 0 heterocycles. The molecule has 0 aromatic heterocycles. The number of ketones is 1. The second-order valence-corrected chi connectivity index (χ2v) is 3.84. The summed E-state index contributed by atoms with van der Waals surface area (Å²) < 4.78 is 0. The molecular formula is C10H21NO. The molecule has 1 N–H and O–H groups in total. The molecule has 0 aliphatic carbocycles. The second kappa shape index (κ2) is 5.31. The van der Waals surface area contributed by atoms with Gasteiger partial charge in [0.15, 0.2) is 5.78 Å². The molecule has 0 radical (unpaired) electrons. The first kappa shape index (κ1) is 11.6. The highest BCUT2D eigenvalue weighted by Gasteiger charge is 2.19. The van der Waals surface area contributed by atoms with Gasteiger partial charge in [0.05, 0.1) is 6.04 Å². The van der Waals surface area contributed by atoms with Gasteiger partial charge in [-0.2, -0.15) is 0 Å². The van der Waals surface area contributed by atoms with Gasteiger partial charge in [0, 0.05) is 12.0 Å². The lowest BCUT2D eigenvalue weighted by Crippen LogP contribution is -2.42. The first-order valence-corrected chi connectivity index (χ1v) is 4.78. The first-order valence-electron chi connectivity index (χ1n) is 4.78. The highest BCUT2D eigenvalue weighted by atomic mass is 16.1. The minimum atomic E-state index is 0.0463. The lowest BCUT2D eigenvalue weighted by Gasteiger charge is -2.20. The van der Waals surface area contributed by atoms with Gasteiger partial charge in [-0.05, 0) is 6.42 Å². The van der Waals surface area contributed by atoms with Crippen molar-refractivity contribution < 1.29 is 4.79 Å². The fourth-order valence-corrected chi connectivity index (χ4v) is 1.21. The van der Waals surface area contributed by atoms with E-state index in [-0.39, 0.29) is 12.0 Å². The molecule has 0 saturated heterocycles. The molecule has 0 fully saturated rings. The molecule has 2 heteroatoms. The van der Waals surface area contributed by atoms with Gasteiger partial charge in [0.2, 0.25) is 0 Å². The topological polar surface area (TPSA) is 29.1 Å². The molecule has 1 unspecified atom stereocenters. The standard InChI is InChI=1S/C10H21NO/c1-6-9(11-8(4)5)10(12)7(2)3/h7-9,11H,6H2,1-5H3. The third kappa shape index (κ3) is 3.86. The fraction of sp³-hybridized carbons (Fsp3) is 0.900. The number of hydrogen-bond acceptors (Lipinski definition) is 2. The van der Waals surface area contributed by atoms with E-state index in [1.54, 1.807) is 0 Å². The van der Waals surface area contributed by atoms with Crippen LogP contribution in [0.25, 0.3) is 0 Å². The van der Waals surface area contributed by atoms with E-state index < -0.39 is 0 Å². The van der Waals surface area contributed by atoms with Gasteiger partial charge < -0.3 is 5.32 Å². The van der Waals surface area contributed by atoms with Crippen molar-refractivity contribution in [1.29, 1.82) is 0 Å². The summed E-state index contributed by atoms with van der Waals surface area (Å²) in [6.07, 6.45) is 0.884. The zero-order valence-corrected chi connectivity index (χ0v) is 8.85. The van der Waals surface area contributed by atoms with Crippen LogP contribution in [0, 0.1) is 5.92 Å². The van der Waals surface area contributed by atoms with Crippen LogP contribution in [0.4, 0.5) is 0 Å². The Balaban J connectivity index is 4.06. The highest BCUT2D eigenvalue weighted by Crippen LogP contribution is 2.03. The van der Waals surface area contributed by atoms with Crippen LogP contribution < -0.4 is 5.32 Å². The van der Waals surface area contributed by atoms with E-state index in [0.29, 0.717) is 11.8 Å². The van der Waals surface area contributed by atoms with Crippen LogP contribution in [0.3, 0.4) is 0 Å². The molecule has 0 amide bonds. The largest absolute Gasteiger partial charge is 0.305 e. The van der Waals surface area contributed by atoms with Crippen LogP contribution in [-0.2, 0) is 4.79 Å². The molecule has 0 aliphatic rings. The van der Waals surface area contributed by atoms with E-state index in [0.717, 1.165) is 6.42 Å². The predicted molar refractivity (Wildman–Crippen MR) is 52.2 cm³/mol. The SMILES string of the molecule is CCC(NC(C)C)C(=O)C(C)C. The average Bonchev–Trinajstić information content (AvgIpc) is 1.98. The third-order valence-electron chi connectivity index (χ3n) is 1.86. The van der Waals surface area contributed by atoms with Crippen LogP contribution in [0.15, 0.2) is 0 Å². The monoisotopic (exact) mass is 171 g/mol. The molecule has 0 aromatic rings. The number of carbonyl (C=O) groups excluding carboxylic acids is 1. The minimum Gasteiger partial charge on any atom is -0.305 e. The summed E-state index contributed by atoms with van der Waals surface area (Å²) in [7, 11) is 0. The van der Waals surface area contributed by atoms with Crippen molar-refractivity contribution in [3.8, 4) is 0 Å². The van der Waals surface area contributed by atoms with Gasteiger partial charge in [-0.15, -0.1) is 0 Å². The van der Waals surface area contributed by atoms with E-state index >= 15 is 0 Å². The van der Waals surface area contributed by atoms with Crippen molar-refractivity contribution in [3.05, 3.63) is 0 Å². The van der Waals surface area contributed by atoms with Gasteiger partial charge >= 0.3 is 0 Å². The number of hydrogen-bond donors (Lipinski definition) is 1. The Kier molecular flexibility index (Phi) is 5.14. The van der Waals surface area contributed by atoms with Crippen molar-refractivity contribution >= 4 is 5.78 Å². The molecule has 72 valence electrons. The molecule has 2 nitrogen and oxygen atoms in total. The normalized spacial score (nSPS) is 13.9. The average molecular weight is 171 g/mol. The van der Waals surface area contributed by atoms with E-state index in [4.69, 9.17) is 0 Å². The zero-order valence-electron chi connectivity index (χ0n) is 8.85. The molecule has 0 aliphatic heterocycles. The molecule has 0 spiro atoms. The number of carbonyl (C=O) groups is 1. The molecule has 12 heavy (non-hydrogen) atoms. The first-order chi connectivity index (χ1) is 5.49. The van der Waals surface area contributed by atoms with Crippen LogP contribution >= 0.6 is 0 Å². The summed E-state index contributed by atoms with van der Waals surface area (Å²) in [6, 6.07) is 0.433. The quantitative estimate of drug-likeness (QED) is 0.685. The van der Waals surface area contributed by atoms with Crippen LogP contribution in [0.5, 0.6) is 0 Å². The van der Waals surface area contributed by atoms with Crippen molar-refractivity contribution in [3.63, 3.8) is 0 Å². The summed E-state index contributed by atoms with van der Waals surface area (Å²) >= 11 is 0. The lowest BCUT2D eigenvalue weighted by molar-refractivity contribution is -0.124. The Morgan fingerprint density at radius 2 is 1.75 bits per heavy atom. The van der Waals surface area contributed by atoms with Gasteiger partial charge in [-0.25, -0.2) is 0 Å². The molecular weight excluding hydrogens is 150 g/mol. The Bertz CT molecular complexity index is 141. The molecule has 0 aromatic carbocycles. The summed E-state index contributed by atoms with van der Waals surface area (Å²) in [6.45, 7) is 10.1. The van der Waals surface area contributed by atoms with Crippen molar-refractivity contribution in [2.45, 2.75) is 53.1 Å². The Hall–Kier alpha value is -0.370. The Morgan fingerprint density at radius 1 is 1.25 bits per heavy atom. The number of nitrogens with one attached hydrogen (secondary N) is 1. The van der Waals surface area contributed by atoms with Gasteiger partial charge in [0.25, 0.3) is 0 Å². The number of rotatable bonds is 5. The molecule has 0 saturated carbocycles. The molecule has 0 bridgehead atoms. The van der Waals surface area contributed by atoms with E-state index in [9.17, 15) is 4.79 Å². The summed E-state index contributed by atoms with van der Waals surface area (Å²) in [5.74, 6) is 0.465. The molecule has 1 atom stereocenters. The van der Waals surface area contributed by atoms with Crippen molar-refractivity contribution in [2.75, 3.05) is 0 Å². The second-order valence-electron chi connectivity index (χ2n) is 3.84.